The van der Waals surface area contributed by atoms with E-state index in [9.17, 15) is 24.4 Å². The summed E-state index contributed by atoms with van der Waals surface area (Å²) in [5, 5.41) is 20.6. The number of imide groups is 1. The Morgan fingerprint density at radius 3 is 2.12 bits per heavy atom. The molecule has 264 valence electrons. The predicted molar refractivity (Wildman–Crippen MR) is 189 cm³/mol. The standard InChI is InChI=1S/C37H37N5O9/c1-4-42-30-21-24(8-16-32(30)51-31-17-15-28(22-29(31)34(42)43)39-36(45)49-5-2)20-23-6-9-25(10-7-23)33(41-47)26-11-13-27(14-12-26)38-35(44)40-37(46)50-19-18-48-3/h6-17,21-22,47H,4-5,18-20H2,1-3H3,(H,39,45)(H2,38,40,44,46)/b41-33+. The molecule has 0 saturated heterocycles. The van der Waals surface area contributed by atoms with E-state index in [1.165, 1.54) is 7.11 Å². The highest BCUT2D eigenvalue weighted by Gasteiger charge is 2.28. The Labute approximate surface area is 293 Å². The zero-order valence-corrected chi connectivity index (χ0v) is 28.2. The number of rotatable bonds is 11. The highest BCUT2D eigenvalue weighted by Crippen LogP contribution is 2.40. The van der Waals surface area contributed by atoms with Crippen molar-refractivity contribution in [3.63, 3.8) is 0 Å². The number of alkyl carbamates (subject to hydrolysis) is 1. The van der Waals surface area contributed by atoms with E-state index in [0.717, 1.165) is 11.1 Å². The van der Waals surface area contributed by atoms with Crippen LogP contribution < -0.4 is 25.6 Å². The number of oxime groups is 1. The van der Waals surface area contributed by atoms with E-state index in [1.54, 1.807) is 54.3 Å². The van der Waals surface area contributed by atoms with Crippen molar-refractivity contribution >= 4 is 46.9 Å². The van der Waals surface area contributed by atoms with E-state index in [2.05, 4.69) is 21.1 Å². The van der Waals surface area contributed by atoms with Crippen LogP contribution in [0, 0.1) is 0 Å². The molecule has 0 spiro atoms. The lowest BCUT2D eigenvalue weighted by Gasteiger charge is -2.21. The summed E-state index contributed by atoms with van der Waals surface area (Å²) in [4.78, 5) is 51.0. The molecule has 1 heterocycles. The van der Waals surface area contributed by atoms with Gasteiger partial charge in [0, 0.05) is 36.2 Å². The SMILES string of the molecule is CCOC(=O)Nc1ccc2c(c1)C(=O)N(CC)c1cc(Cc3ccc(/C(=N\O)c4ccc(NC(=O)NC(=O)OCCOC)cc4)cc3)ccc1O2. The summed E-state index contributed by atoms with van der Waals surface area (Å²) in [7, 11) is 1.46. The fourth-order valence-electron chi connectivity index (χ4n) is 5.32. The van der Waals surface area contributed by atoms with Crippen LogP contribution in [0.5, 0.6) is 11.5 Å². The van der Waals surface area contributed by atoms with Crippen LogP contribution in [0.2, 0.25) is 0 Å². The summed E-state index contributed by atoms with van der Waals surface area (Å²) in [6, 6.07) is 23.9. The molecule has 14 nitrogen and oxygen atoms in total. The molecule has 0 bridgehead atoms. The molecule has 0 fully saturated rings. The number of anilines is 3. The van der Waals surface area contributed by atoms with Gasteiger partial charge in [0.2, 0.25) is 0 Å². The summed E-state index contributed by atoms with van der Waals surface area (Å²) in [5.74, 6) is 0.644. The van der Waals surface area contributed by atoms with Crippen LogP contribution in [-0.2, 0) is 20.6 Å². The number of carbonyl (C=O) groups is 4. The zero-order chi connectivity index (χ0) is 36.3. The summed E-state index contributed by atoms with van der Waals surface area (Å²) < 4.78 is 20.7. The van der Waals surface area contributed by atoms with Gasteiger partial charge in [0.05, 0.1) is 24.5 Å². The minimum absolute atomic E-state index is 0.00921. The van der Waals surface area contributed by atoms with Gasteiger partial charge in [0.1, 0.15) is 18.1 Å². The maximum Gasteiger partial charge on any atom is 0.415 e. The van der Waals surface area contributed by atoms with Gasteiger partial charge in [0.25, 0.3) is 5.91 Å². The molecule has 4 aromatic rings. The second kappa shape index (κ2) is 16.8. The third kappa shape index (κ3) is 8.99. The van der Waals surface area contributed by atoms with E-state index in [-0.39, 0.29) is 25.7 Å². The number of methoxy groups -OCH3 is 1. The van der Waals surface area contributed by atoms with Crippen molar-refractivity contribution in [2.45, 2.75) is 20.3 Å². The highest BCUT2D eigenvalue weighted by atomic mass is 16.6. The Hall–Kier alpha value is -6.41. The molecule has 0 radical (unpaired) electrons. The van der Waals surface area contributed by atoms with Gasteiger partial charge in [-0.05, 0) is 73.9 Å². The Bertz CT molecular complexity index is 1930. The molecule has 0 saturated carbocycles. The summed E-state index contributed by atoms with van der Waals surface area (Å²) in [6.45, 7) is 4.41. The number of fused-ring (bicyclic) bond motifs is 2. The van der Waals surface area contributed by atoms with E-state index < -0.39 is 18.2 Å². The summed E-state index contributed by atoms with van der Waals surface area (Å²) >= 11 is 0. The number of nitrogens with zero attached hydrogens (tertiary/aromatic N) is 2. The van der Waals surface area contributed by atoms with Crippen molar-refractivity contribution < 1.29 is 43.3 Å². The van der Waals surface area contributed by atoms with Gasteiger partial charge in [-0.3, -0.25) is 10.1 Å². The first-order valence-corrected chi connectivity index (χ1v) is 16.1. The Balaban J connectivity index is 1.25. The van der Waals surface area contributed by atoms with Crippen LogP contribution >= 0.6 is 0 Å². The van der Waals surface area contributed by atoms with Gasteiger partial charge < -0.3 is 34.4 Å². The lowest BCUT2D eigenvalue weighted by molar-refractivity contribution is 0.0986. The first-order valence-electron chi connectivity index (χ1n) is 16.1. The Kier molecular flexibility index (Phi) is 11.8. The van der Waals surface area contributed by atoms with Crippen molar-refractivity contribution in [2.75, 3.05) is 49.0 Å². The molecule has 4 aromatic carbocycles. The first kappa shape index (κ1) is 35.9. The number of carbonyl (C=O) groups excluding carboxylic acids is 4. The molecule has 5 rings (SSSR count). The van der Waals surface area contributed by atoms with Crippen molar-refractivity contribution in [1.29, 1.82) is 0 Å². The monoisotopic (exact) mass is 695 g/mol. The number of hydrogen-bond donors (Lipinski definition) is 4. The van der Waals surface area contributed by atoms with Crippen LogP contribution in [0.1, 0.15) is 46.5 Å². The van der Waals surface area contributed by atoms with Crippen molar-refractivity contribution in [3.8, 4) is 11.5 Å². The van der Waals surface area contributed by atoms with Crippen LogP contribution in [0.3, 0.4) is 0 Å². The van der Waals surface area contributed by atoms with Gasteiger partial charge in [-0.15, -0.1) is 0 Å². The van der Waals surface area contributed by atoms with Gasteiger partial charge in [0.15, 0.2) is 5.75 Å². The molecule has 0 aliphatic carbocycles. The molecular formula is C37H37N5O9. The molecule has 1 aliphatic heterocycles. The minimum Gasteiger partial charge on any atom is -0.454 e. The summed E-state index contributed by atoms with van der Waals surface area (Å²) in [5.41, 5.74) is 5.25. The molecule has 4 N–H and O–H groups in total. The average molecular weight is 696 g/mol. The largest absolute Gasteiger partial charge is 0.454 e. The topological polar surface area (TPSA) is 177 Å². The lowest BCUT2D eigenvalue weighted by Crippen LogP contribution is -2.35. The normalized spacial score (nSPS) is 12.1. The minimum atomic E-state index is -0.902. The van der Waals surface area contributed by atoms with Gasteiger partial charge in [-0.2, -0.15) is 0 Å². The molecule has 0 atom stereocenters. The highest BCUT2D eigenvalue weighted by molar-refractivity contribution is 6.13. The maximum atomic E-state index is 13.7. The lowest BCUT2D eigenvalue weighted by atomic mass is 9.98. The Morgan fingerprint density at radius 2 is 1.45 bits per heavy atom. The quantitative estimate of drug-likeness (QED) is 0.0572. The van der Waals surface area contributed by atoms with E-state index in [4.69, 9.17) is 18.9 Å². The van der Waals surface area contributed by atoms with Crippen LogP contribution in [0.4, 0.5) is 31.4 Å². The number of hydrogen-bond acceptors (Lipinski definition) is 10. The zero-order valence-electron chi connectivity index (χ0n) is 28.2. The fourth-order valence-corrected chi connectivity index (χ4v) is 5.32. The molecule has 0 aromatic heterocycles. The van der Waals surface area contributed by atoms with Gasteiger partial charge in [-0.1, -0.05) is 47.6 Å². The van der Waals surface area contributed by atoms with Crippen LogP contribution in [0.25, 0.3) is 0 Å². The second-order valence-electron chi connectivity index (χ2n) is 11.1. The Morgan fingerprint density at radius 1 is 0.784 bits per heavy atom. The van der Waals surface area contributed by atoms with Crippen LogP contribution in [0.15, 0.2) is 90.1 Å². The molecule has 0 unspecified atom stereocenters. The summed E-state index contributed by atoms with van der Waals surface area (Å²) in [6.07, 6.45) is -0.964. The van der Waals surface area contributed by atoms with Gasteiger partial charge in [-0.25, -0.2) is 19.7 Å². The second-order valence-corrected chi connectivity index (χ2v) is 11.1. The van der Waals surface area contributed by atoms with Crippen molar-refractivity contribution in [1.82, 2.24) is 5.32 Å². The van der Waals surface area contributed by atoms with Crippen LogP contribution in [-0.4, -0.2) is 68.5 Å². The van der Waals surface area contributed by atoms with E-state index in [1.807, 2.05) is 49.4 Å². The number of benzene rings is 4. The average Bonchev–Trinajstić information content (AvgIpc) is 3.23. The van der Waals surface area contributed by atoms with Crippen molar-refractivity contribution in [2.24, 2.45) is 5.16 Å². The third-order valence-corrected chi connectivity index (χ3v) is 7.72. The van der Waals surface area contributed by atoms with E-state index >= 15 is 0 Å². The smallest absolute Gasteiger partial charge is 0.415 e. The number of amides is 5. The fraction of sp³-hybridized carbons (Fsp3) is 0.216. The third-order valence-electron chi connectivity index (χ3n) is 7.72. The number of urea groups is 1. The molecule has 14 heteroatoms. The van der Waals surface area contributed by atoms with Gasteiger partial charge >= 0.3 is 18.2 Å². The molecular weight excluding hydrogens is 658 g/mol. The number of ether oxygens (including phenoxy) is 4. The molecule has 5 amide bonds. The predicted octanol–water partition coefficient (Wildman–Crippen LogP) is 6.75. The van der Waals surface area contributed by atoms with E-state index in [0.29, 0.717) is 63.9 Å². The maximum absolute atomic E-state index is 13.7. The molecule has 1 aliphatic rings. The number of nitrogens with one attached hydrogen (secondary N) is 3. The van der Waals surface area contributed by atoms with Crippen molar-refractivity contribution in [3.05, 3.63) is 113 Å². The first-order chi connectivity index (χ1) is 24.7. The molecule has 51 heavy (non-hydrogen) atoms.